The van der Waals surface area contributed by atoms with Crippen LogP contribution in [0.3, 0.4) is 0 Å². The van der Waals surface area contributed by atoms with Gasteiger partial charge >= 0.3 is 0 Å². The summed E-state index contributed by atoms with van der Waals surface area (Å²) in [4.78, 5) is 25.3. The van der Waals surface area contributed by atoms with Gasteiger partial charge in [0, 0.05) is 30.6 Å². The number of sulfone groups is 1. The Balaban J connectivity index is 2.34. The highest BCUT2D eigenvalue weighted by molar-refractivity contribution is 7.90. The highest BCUT2D eigenvalue weighted by Gasteiger charge is 2.22. The highest BCUT2D eigenvalue weighted by atomic mass is 32.2. The van der Waals surface area contributed by atoms with Crippen molar-refractivity contribution in [3.05, 3.63) is 23.8 Å². The molecule has 7 nitrogen and oxygen atoms in total. The molecule has 1 aromatic carbocycles. The molecule has 21 heavy (non-hydrogen) atoms. The average Bonchev–Trinajstić information content (AvgIpc) is 2.61. The van der Waals surface area contributed by atoms with Gasteiger partial charge in [-0.15, -0.1) is 0 Å². The Hall–Kier alpha value is -2.09. The van der Waals surface area contributed by atoms with Gasteiger partial charge in [0.1, 0.15) is 0 Å². The number of benzene rings is 1. The zero-order chi connectivity index (χ0) is 15.6. The minimum absolute atomic E-state index is 0.00914. The highest BCUT2D eigenvalue weighted by Crippen LogP contribution is 2.18. The Morgan fingerprint density at radius 2 is 2.05 bits per heavy atom. The third-order valence-corrected chi connectivity index (χ3v) is 4.24. The fourth-order valence-corrected chi connectivity index (χ4v) is 2.81. The second-order valence-corrected chi connectivity index (χ2v) is 7.01. The first-order valence-corrected chi connectivity index (χ1v) is 8.33. The molecule has 0 aliphatic carbocycles. The Morgan fingerprint density at radius 3 is 2.71 bits per heavy atom. The first-order valence-electron chi connectivity index (χ1n) is 6.44. The van der Waals surface area contributed by atoms with Gasteiger partial charge in [0.05, 0.1) is 11.4 Å². The zero-order valence-electron chi connectivity index (χ0n) is 11.6. The molecule has 0 radical (unpaired) electrons. The maximum atomic E-state index is 12.4. The Kier molecular flexibility index (Phi) is 4.17. The number of rotatable bonds is 2. The lowest BCUT2D eigenvalue weighted by atomic mass is 10.1. The number of nitrogens with two attached hydrogens (primary N) is 1. The number of carbonyl (C=O) groups excluding carboxylic acids is 2. The fraction of sp³-hybridized carbons (Fsp3) is 0.385. The molecule has 1 aliphatic rings. The summed E-state index contributed by atoms with van der Waals surface area (Å²) in [5.74, 6) is -0.627. The summed E-state index contributed by atoms with van der Waals surface area (Å²) in [7, 11) is -3.46. The van der Waals surface area contributed by atoms with Gasteiger partial charge in [-0.25, -0.2) is 8.42 Å². The van der Waals surface area contributed by atoms with Crippen LogP contribution >= 0.6 is 0 Å². The molecule has 1 heterocycles. The zero-order valence-corrected chi connectivity index (χ0v) is 12.4. The van der Waals surface area contributed by atoms with Gasteiger partial charge in [0.2, 0.25) is 5.91 Å². The van der Waals surface area contributed by atoms with Crippen molar-refractivity contribution in [1.82, 2.24) is 10.2 Å². The summed E-state index contributed by atoms with van der Waals surface area (Å²) in [6.45, 7) is 0.913. The van der Waals surface area contributed by atoms with E-state index in [0.717, 1.165) is 6.26 Å². The van der Waals surface area contributed by atoms with Crippen LogP contribution in [-0.4, -0.2) is 51.0 Å². The van der Waals surface area contributed by atoms with Crippen molar-refractivity contribution in [2.24, 2.45) is 0 Å². The van der Waals surface area contributed by atoms with E-state index in [1.165, 1.54) is 23.1 Å². The molecule has 0 bridgehead atoms. The second kappa shape index (κ2) is 5.72. The molecule has 2 rings (SSSR count). The molecule has 114 valence electrons. The molecular weight excluding hydrogens is 294 g/mol. The molecule has 1 saturated heterocycles. The number of nitrogens with zero attached hydrogens (tertiary/aromatic N) is 1. The summed E-state index contributed by atoms with van der Waals surface area (Å²) in [6, 6.07) is 4.01. The number of hydrogen-bond acceptors (Lipinski definition) is 5. The van der Waals surface area contributed by atoms with Gasteiger partial charge in [0.15, 0.2) is 9.84 Å². The predicted octanol–water partition coefficient (Wildman–Crippen LogP) is -0.366. The molecule has 2 amide bonds. The lowest BCUT2D eigenvalue weighted by Gasteiger charge is -2.19. The lowest BCUT2D eigenvalue weighted by Crippen LogP contribution is -2.37. The first kappa shape index (κ1) is 15.3. The SMILES string of the molecule is CS(=O)(=O)c1cc(N)cc(C(=O)N2CCCNC(=O)C2)c1. The molecule has 0 saturated carbocycles. The van der Waals surface area contributed by atoms with Gasteiger partial charge in [-0.05, 0) is 24.6 Å². The molecule has 0 atom stereocenters. The summed E-state index contributed by atoms with van der Waals surface area (Å²) >= 11 is 0. The van der Waals surface area contributed by atoms with Crippen LogP contribution in [0.5, 0.6) is 0 Å². The number of amides is 2. The van der Waals surface area contributed by atoms with E-state index in [-0.39, 0.29) is 28.6 Å². The maximum absolute atomic E-state index is 12.4. The molecule has 0 spiro atoms. The van der Waals surface area contributed by atoms with E-state index in [0.29, 0.717) is 19.5 Å². The van der Waals surface area contributed by atoms with E-state index in [1.807, 2.05) is 0 Å². The Morgan fingerprint density at radius 1 is 1.33 bits per heavy atom. The van der Waals surface area contributed by atoms with Crippen molar-refractivity contribution < 1.29 is 18.0 Å². The summed E-state index contributed by atoms with van der Waals surface area (Å²) in [6.07, 6.45) is 1.70. The van der Waals surface area contributed by atoms with Crippen LogP contribution in [0.1, 0.15) is 16.8 Å². The third kappa shape index (κ3) is 3.72. The molecule has 8 heteroatoms. The summed E-state index contributed by atoms with van der Waals surface area (Å²) in [5.41, 5.74) is 6.03. The number of nitrogen functional groups attached to an aromatic ring is 1. The van der Waals surface area contributed by atoms with Crippen molar-refractivity contribution >= 4 is 27.3 Å². The topological polar surface area (TPSA) is 110 Å². The Labute approximate surface area is 123 Å². The fourth-order valence-electron chi connectivity index (χ4n) is 2.12. The van der Waals surface area contributed by atoms with Crippen LogP contribution in [0, 0.1) is 0 Å². The lowest BCUT2D eigenvalue weighted by molar-refractivity contribution is -0.121. The summed E-state index contributed by atoms with van der Waals surface area (Å²) < 4.78 is 23.2. The number of hydrogen-bond donors (Lipinski definition) is 2. The average molecular weight is 311 g/mol. The van der Waals surface area contributed by atoms with E-state index in [2.05, 4.69) is 5.32 Å². The van der Waals surface area contributed by atoms with Crippen molar-refractivity contribution in [2.45, 2.75) is 11.3 Å². The van der Waals surface area contributed by atoms with Crippen molar-refractivity contribution in [1.29, 1.82) is 0 Å². The van der Waals surface area contributed by atoms with Crippen molar-refractivity contribution in [3.8, 4) is 0 Å². The van der Waals surface area contributed by atoms with Crippen molar-refractivity contribution in [3.63, 3.8) is 0 Å². The molecule has 1 fully saturated rings. The number of anilines is 1. The molecule has 0 aromatic heterocycles. The van der Waals surface area contributed by atoms with E-state index in [1.54, 1.807) is 0 Å². The minimum Gasteiger partial charge on any atom is -0.399 e. The molecule has 0 unspecified atom stereocenters. The summed E-state index contributed by atoms with van der Waals surface area (Å²) in [5, 5.41) is 2.67. The van der Waals surface area contributed by atoms with Gasteiger partial charge < -0.3 is 16.0 Å². The monoisotopic (exact) mass is 311 g/mol. The van der Waals surface area contributed by atoms with Crippen molar-refractivity contribution in [2.75, 3.05) is 31.6 Å². The van der Waals surface area contributed by atoms with E-state index in [4.69, 9.17) is 5.73 Å². The van der Waals surface area contributed by atoms with Crippen LogP contribution < -0.4 is 11.1 Å². The maximum Gasteiger partial charge on any atom is 0.254 e. The van der Waals surface area contributed by atoms with Gasteiger partial charge in [0.25, 0.3) is 5.91 Å². The standard InChI is InChI=1S/C13H17N3O4S/c1-21(19,20)11-6-9(5-10(14)7-11)13(18)16-4-2-3-15-12(17)8-16/h5-7H,2-4,8,14H2,1H3,(H,15,17). The number of nitrogens with one attached hydrogen (secondary N) is 1. The van der Waals surface area contributed by atoms with Crippen LogP contribution in [0.2, 0.25) is 0 Å². The van der Waals surface area contributed by atoms with Gasteiger partial charge in [-0.2, -0.15) is 0 Å². The minimum atomic E-state index is -3.46. The largest absolute Gasteiger partial charge is 0.399 e. The first-order chi connectivity index (χ1) is 9.77. The quantitative estimate of drug-likeness (QED) is 0.725. The van der Waals surface area contributed by atoms with E-state index in [9.17, 15) is 18.0 Å². The molecule has 1 aromatic rings. The molecular formula is C13H17N3O4S. The van der Waals surface area contributed by atoms with E-state index < -0.39 is 15.7 Å². The molecule has 3 N–H and O–H groups in total. The smallest absolute Gasteiger partial charge is 0.254 e. The Bertz CT molecular complexity index is 685. The van der Waals surface area contributed by atoms with Crippen LogP contribution in [0.4, 0.5) is 5.69 Å². The predicted molar refractivity (Wildman–Crippen MR) is 77.5 cm³/mol. The number of carbonyl (C=O) groups is 2. The van der Waals surface area contributed by atoms with Gasteiger partial charge in [-0.3, -0.25) is 9.59 Å². The van der Waals surface area contributed by atoms with Crippen LogP contribution in [-0.2, 0) is 14.6 Å². The van der Waals surface area contributed by atoms with Gasteiger partial charge in [-0.1, -0.05) is 0 Å². The van der Waals surface area contributed by atoms with E-state index >= 15 is 0 Å². The third-order valence-electron chi connectivity index (χ3n) is 3.15. The molecule has 1 aliphatic heterocycles. The van der Waals surface area contributed by atoms with Crippen LogP contribution in [0.15, 0.2) is 23.1 Å². The second-order valence-electron chi connectivity index (χ2n) is 4.99. The van der Waals surface area contributed by atoms with Crippen LogP contribution in [0.25, 0.3) is 0 Å². The normalized spacial score (nSPS) is 16.2.